The van der Waals surface area contributed by atoms with Gasteiger partial charge in [-0.05, 0) is 45.2 Å². The Kier molecular flexibility index (Phi) is 3.14. The van der Waals surface area contributed by atoms with Gasteiger partial charge in [-0.3, -0.25) is 0 Å². The highest BCUT2D eigenvalue weighted by Crippen LogP contribution is 2.38. The lowest BCUT2D eigenvalue weighted by Crippen LogP contribution is -2.38. The molecule has 1 saturated heterocycles. The fraction of sp³-hybridized carbons (Fsp3) is 0.667. The van der Waals surface area contributed by atoms with E-state index in [9.17, 15) is 5.11 Å². The van der Waals surface area contributed by atoms with Crippen LogP contribution in [0.25, 0.3) is 0 Å². The smallest absolute Gasteiger partial charge is 0.117 e. The molecule has 84 valence electrons. The predicted octanol–water partition coefficient (Wildman–Crippen LogP) is 3.05. The Balaban J connectivity index is 2.15. The summed E-state index contributed by atoms with van der Waals surface area (Å²) in [7, 11) is 0. The summed E-state index contributed by atoms with van der Waals surface area (Å²) in [6.45, 7) is 4.86. The first-order valence-electron chi connectivity index (χ1n) is 5.50. The molecule has 2 atom stereocenters. The summed E-state index contributed by atoms with van der Waals surface area (Å²) in [5, 5.41) is 10.3. The van der Waals surface area contributed by atoms with Gasteiger partial charge in [0.2, 0.25) is 0 Å². The van der Waals surface area contributed by atoms with E-state index in [-0.39, 0.29) is 5.60 Å². The van der Waals surface area contributed by atoms with Gasteiger partial charge in [0.15, 0.2) is 0 Å². The summed E-state index contributed by atoms with van der Waals surface area (Å²) in [6, 6.07) is 4.06. The van der Waals surface area contributed by atoms with Gasteiger partial charge < -0.3 is 9.84 Å². The molecule has 0 amide bonds. The van der Waals surface area contributed by atoms with Crippen molar-refractivity contribution < 1.29 is 9.84 Å². The summed E-state index contributed by atoms with van der Waals surface area (Å²) in [5.74, 6) is 0. The molecule has 15 heavy (non-hydrogen) atoms. The van der Waals surface area contributed by atoms with E-state index in [2.05, 4.69) is 13.0 Å². The first-order chi connectivity index (χ1) is 7.12. The molecule has 1 aliphatic heterocycles. The van der Waals surface area contributed by atoms with E-state index < -0.39 is 6.10 Å². The van der Waals surface area contributed by atoms with Crippen molar-refractivity contribution in [2.45, 2.75) is 44.8 Å². The molecule has 2 unspecified atom stereocenters. The van der Waals surface area contributed by atoms with E-state index in [1.165, 1.54) is 4.88 Å². The van der Waals surface area contributed by atoms with Gasteiger partial charge in [-0.15, -0.1) is 11.3 Å². The fourth-order valence-corrected chi connectivity index (χ4v) is 3.08. The van der Waals surface area contributed by atoms with Crippen LogP contribution < -0.4 is 0 Å². The molecule has 1 fully saturated rings. The van der Waals surface area contributed by atoms with Crippen molar-refractivity contribution in [1.82, 2.24) is 0 Å². The van der Waals surface area contributed by atoms with Gasteiger partial charge in [-0.2, -0.15) is 0 Å². The topological polar surface area (TPSA) is 29.5 Å². The molecule has 1 aromatic rings. The molecule has 1 N–H and O–H groups in total. The van der Waals surface area contributed by atoms with Crippen molar-refractivity contribution in [2.75, 3.05) is 6.61 Å². The van der Waals surface area contributed by atoms with Crippen LogP contribution in [0.15, 0.2) is 12.1 Å². The number of aliphatic hydroxyl groups is 1. The molecule has 0 spiro atoms. The summed E-state index contributed by atoms with van der Waals surface area (Å²) in [4.78, 5) is 2.26. The van der Waals surface area contributed by atoms with Crippen LogP contribution in [-0.2, 0) is 4.74 Å². The van der Waals surface area contributed by atoms with Crippen LogP contribution in [0.3, 0.4) is 0 Å². The molecule has 1 aromatic heterocycles. The minimum Gasteiger partial charge on any atom is -0.385 e. The zero-order valence-electron chi connectivity index (χ0n) is 9.32. The summed E-state index contributed by atoms with van der Waals surface area (Å²) in [6.07, 6.45) is 2.74. The van der Waals surface area contributed by atoms with E-state index in [0.717, 1.165) is 30.7 Å². The predicted molar refractivity (Wildman–Crippen MR) is 62.2 cm³/mol. The quantitative estimate of drug-likeness (QED) is 0.840. The van der Waals surface area contributed by atoms with Gasteiger partial charge in [-0.1, -0.05) is 0 Å². The number of thiophene rings is 1. The molecule has 1 aliphatic rings. The molecule has 0 aliphatic carbocycles. The first kappa shape index (κ1) is 11.1. The Morgan fingerprint density at radius 1 is 1.47 bits per heavy atom. The highest BCUT2D eigenvalue weighted by molar-refractivity contribution is 7.12. The van der Waals surface area contributed by atoms with Gasteiger partial charge in [0, 0.05) is 16.4 Å². The lowest BCUT2D eigenvalue weighted by Gasteiger charge is -2.37. The van der Waals surface area contributed by atoms with Gasteiger partial charge in [0.1, 0.15) is 6.10 Å². The molecular weight excluding hydrogens is 208 g/mol. The third-order valence-corrected chi connectivity index (χ3v) is 4.16. The number of hydrogen-bond donors (Lipinski definition) is 1. The minimum atomic E-state index is -0.475. The molecular formula is C12H18O2S. The Morgan fingerprint density at radius 2 is 2.27 bits per heavy atom. The number of aliphatic hydroxyl groups excluding tert-OH is 1. The molecule has 0 radical (unpaired) electrons. The maximum atomic E-state index is 10.3. The first-order valence-corrected chi connectivity index (χ1v) is 6.32. The Morgan fingerprint density at radius 3 is 2.80 bits per heavy atom. The second-order valence-corrected chi connectivity index (χ2v) is 5.79. The van der Waals surface area contributed by atoms with Gasteiger partial charge in [0.25, 0.3) is 0 Å². The highest BCUT2D eigenvalue weighted by atomic mass is 32.1. The summed E-state index contributed by atoms with van der Waals surface area (Å²) >= 11 is 1.66. The lowest BCUT2D eigenvalue weighted by atomic mass is 9.89. The van der Waals surface area contributed by atoms with E-state index >= 15 is 0 Å². The van der Waals surface area contributed by atoms with Crippen LogP contribution in [0.1, 0.15) is 42.0 Å². The molecule has 2 heterocycles. The third kappa shape index (κ3) is 2.25. The maximum absolute atomic E-state index is 10.3. The van der Waals surface area contributed by atoms with Gasteiger partial charge in [-0.25, -0.2) is 0 Å². The minimum absolute atomic E-state index is 0.379. The van der Waals surface area contributed by atoms with Crippen LogP contribution in [0.2, 0.25) is 0 Å². The number of hydrogen-bond acceptors (Lipinski definition) is 3. The molecule has 2 nitrogen and oxygen atoms in total. The number of aryl methyl sites for hydroxylation is 1. The zero-order chi connectivity index (χ0) is 10.9. The van der Waals surface area contributed by atoms with E-state index in [1.54, 1.807) is 11.3 Å². The van der Waals surface area contributed by atoms with E-state index in [0.29, 0.717) is 0 Å². The van der Waals surface area contributed by atoms with Gasteiger partial charge in [0.05, 0.1) is 5.60 Å². The second kappa shape index (κ2) is 4.24. The Bertz CT molecular complexity index is 326. The van der Waals surface area contributed by atoms with Crippen molar-refractivity contribution in [3.63, 3.8) is 0 Å². The number of ether oxygens (including phenoxy) is 1. The van der Waals surface area contributed by atoms with Crippen LogP contribution >= 0.6 is 11.3 Å². The Hall–Kier alpha value is -0.380. The monoisotopic (exact) mass is 226 g/mol. The molecule has 2 rings (SSSR count). The van der Waals surface area contributed by atoms with Crippen LogP contribution in [0.5, 0.6) is 0 Å². The second-order valence-electron chi connectivity index (χ2n) is 4.47. The standard InChI is InChI=1S/C12H18O2S/c1-9-5-6-10(15-9)11(13)12(2)7-3-4-8-14-12/h5-6,11,13H,3-4,7-8H2,1-2H3. The van der Waals surface area contributed by atoms with Crippen LogP contribution in [-0.4, -0.2) is 17.3 Å². The lowest BCUT2D eigenvalue weighted by molar-refractivity contribution is -0.137. The SMILES string of the molecule is Cc1ccc(C(O)C2(C)CCCCO2)s1. The normalized spacial score (nSPS) is 29.0. The van der Waals surface area contributed by atoms with Crippen molar-refractivity contribution >= 4 is 11.3 Å². The van der Waals surface area contributed by atoms with Crippen molar-refractivity contribution in [2.24, 2.45) is 0 Å². The maximum Gasteiger partial charge on any atom is 0.117 e. The van der Waals surface area contributed by atoms with Crippen molar-refractivity contribution in [3.05, 3.63) is 21.9 Å². The summed E-state index contributed by atoms with van der Waals surface area (Å²) in [5.41, 5.74) is -0.379. The van der Waals surface area contributed by atoms with Gasteiger partial charge >= 0.3 is 0 Å². The van der Waals surface area contributed by atoms with Crippen molar-refractivity contribution in [3.8, 4) is 0 Å². The fourth-order valence-electron chi connectivity index (χ4n) is 2.07. The third-order valence-electron chi connectivity index (χ3n) is 3.11. The molecule has 0 aromatic carbocycles. The molecule has 3 heteroatoms. The zero-order valence-corrected chi connectivity index (χ0v) is 10.1. The van der Waals surface area contributed by atoms with Crippen LogP contribution in [0.4, 0.5) is 0 Å². The van der Waals surface area contributed by atoms with E-state index in [4.69, 9.17) is 4.74 Å². The van der Waals surface area contributed by atoms with E-state index in [1.807, 2.05) is 13.0 Å². The Labute approximate surface area is 94.9 Å². The highest BCUT2D eigenvalue weighted by Gasteiger charge is 2.37. The summed E-state index contributed by atoms with van der Waals surface area (Å²) < 4.78 is 5.75. The van der Waals surface area contributed by atoms with Crippen LogP contribution in [0, 0.1) is 6.92 Å². The van der Waals surface area contributed by atoms with Crippen molar-refractivity contribution in [1.29, 1.82) is 0 Å². The average Bonchev–Trinajstić information content (AvgIpc) is 2.65. The molecule has 0 saturated carbocycles. The largest absolute Gasteiger partial charge is 0.385 e. The average molecular weight is 226 g/mol. The number of rotatable bonds is 2. The molecule has 0 bridgehead atoms.